The lowest BCUT2D eigenvalue weighted by atomic mass is 9.96. The van der Waals surface area contributed by atoms with Crippen LogP contribution >= 0.6 is 0 Å². The highest BCUT2D eigenvalue weighted by Crippen LogP contribution is 2.33. The molecule has 0 bridgehead atoms. The quantitative estimate of drug-likeness (QED) is 0.556. The maximum Gasteiger partial charge on any atom is 0.573 e. The molecule has 1 atom stereocenters. The van der Waals surface area contributed by atoms with Crippen molar-refractivity contribution in [3.63, 3.8) is 0 Å². The SMILES string of the molecule is CCCCOCc1nn(C(c2ccc(OC(F)(F)F)cc2)C(C)C)c(N)c1C(N)=O. The molecule has 0 aliphatic carbocycles. The third kappa shape index (κ3) is 5.88. The number of nitrogens with two attached hydrogens (primary N) is 2. The minimum atomic E-state index is -4.77. The van der Waals surface area contributed by atoms with Crippen LogP contribution in [0.25, 0.3) is 0 Å². The number of halogens is 3. The first-order valence-electron chi connectivity index (χ1n) is 9.65. The Morgan fingerprint density at radius 3 is 2.37 bits per heavy atom. The van der Waals surface area contributed by atoms with E-state index in [9.17, 15) is 18.0 Å². The van der Waals surface area contributed by atoms with Crippen molar-refractivity contribution >= 4 is 11.7 Å². The summed E-state index contributed by atoms with van der Waals surface area (Å²) >= 11 is 0. The lowest BCUT2D eigenvalue weighted by Gasteiger charge is -2.23. The van der Waals surface area contributed by atoms with Gasteiger partial charge in [0.05, 0.1) is 12.6 Å². The average Bonchev–Trinajstić information content (AvgIpc) is 2.95. The van der Waals surface area contributed by atoms with E-state index in [1.54, 1.807) is 0 Å². The van der Waals surface area contributed by atoms with E-state index in [0.29, 0.717) is 17.9 Å². The molecule has 7 nitrogen and oxygen atoms in total. The predicted molar refractivity (Wildman–Crippen MR) is 106 cm³/mol. The highest BCUT2D eigenvalue weighted by molar-refractivity contribution is 5.98. The Balaban J connectivity index is 2.38. The van der Waals surface area contributed by atoms with Gasteiger partial charge in [-0.05, 0) is 30.0 Å². The Hall–Kier alpha value is -2.75. The Morgan fingerprint density at radius 1 is 1.23 bits per heavy atom. The van der Waals surface area contributed by atoms with E-state index < -0.39 is 18.3 Å². The van der Waals surface area contributed by atoms with Crippen LogP contribution in [0.2, 0.25) is 0 Å². The number of unbranched alkanes of at least 4 members (excludes halogenated alkanes) is 1. The van der Waals surface area contributed by atoms with Gasteiger partial charge in [-0.25, -0.2) is 4.68 Å². The van der Waals surface area contributed by atoms with Gasteiger partial charge in [-0.2, -0.15) is 5.10 Å². The fourth-order valence-corrected chi connectivity index (χ4v) is 3.17. The maximum atomic E-state index is 12.4. The number of primary amides is 1. The van der Waals surface area contributed by atoms with Crippen LogP contribution < -0.4 is 16.2 Å². The Morgan fingerprint density at radius 2 is 1.87 bits per heavy atom. The van der Waals surface area contributed by atoms with Crippen molar-refractivity contribution in [1.29, 1.82) is 0 Å². The van der Waals surface area contributed by atoms with Crippen LogP contribution in [0.15, 0.2) is 24.3 Å². The van der Waals surface area contributed by atoms with Gasteiger partial charge in [0, 0.05) is 6.61 Å². The van der Waals surface area contributed by atoms with E-state index in [1.165, 1.54) is 28.9 Å². The summed E-state index contributed by atoms with van der Waals surface area (Å²) in [6.07, 6.45) is -2.94. The van der Waals surface area contributed by atoms with Gasteiger partial charge in [-0.15, -0.1) is 13.2 Å². The van der Waals surface area contributed by atoms with Crippen molar-refractivity contribution in [1.82, 2.24) is 9.78 Å². The van der Waals surface area contributed by atoms with Gasteiger partial charge < -0.3 is 20.9 Å². The first-order chi connectivity index (χ1) is 14.0. The number of aromatic nitrogens is 2. The minimum Gasteiger partial charge on any atom is -0.406 e. The highest BCUT2D eigenvalue weighted by Gasteiger charge is 2.31. The monoisotopic (exact) mass is 428 g/mol. The lowest BCUT2D eigenvalue weighted by Crippen LogP contribution is -2.21. The third-order valence-electron chi connectivity index (χ3n) is 4.50. The molecule has 2 aromatic rings. The normalized spacial score (nSPS) is 12.9. The van der Waals surface area contributed by atoms with E-state index >= 15 is 0 Å². The van der Waals surface area contributed by atoms with Gasteiger partial charge in [0.1, 0.15) is 22.8 Å². The molecule has 10 heteroatoms. The first-order valence-corrected chi connectivity index (χ1v) is 9.65. The van der Waals surface area contributed by atoms with E-state index in [2.05, 4.69) is 9.84 Å². The van der Waals surface area contributed by atoms with Gasteiger partial charge in [0.2, 0.25) is 0 Å². The molecule has 4 N–H and O–H groups in total. The summed E-state index contributed by atoms with van der Waals surface area (Å²) in [7, 11) is 0. The number of nitrogen functional groups attached to an aromatic ring is 1. The molecular weight excluding hydrogens is 401 g/mol. The molecule has 0 radical (unpaired) electrons. The zero-order valence-corrected chi connectivity index (χ0v) is 17.2. The number of anilines is 1. The summed E-state index contributed by atoms with van der Waals surface area (Å²) in [5.41, 5.74) is 12.8. The second-order valence-electron chi connectivity index (χ2n) is 7.23. The van der Waals surface area contributed by atoms with E-state index in [1.807, 2.05) is 20.8 Å². The molecule has 1 amide bonds. The van der Waals surface area contributed by atoms with Crippen molar-refractivity contribution in [2.24, 2.45) is 11.7 Å². The number of benzene rings is 1. The zero-order valence-electron chi connectivity index (χ0n) is 17.2. The van der Waals surface area contributed by atoms with Crippen LogP contribution in [0.5, 0.6) is 5.75 Å². The molecule has 0 spiro atoms. The van der Waals surface area contributed by atoms with E-state index in [0.717, 1.165) is 12.8 Å². The van der Waals surface area contributed by atoms with Crippen LogP contribution in [0, 0.1) is 5.92 Å². The van der Waals surface area contributed by atoms with Gasteiger partial charge in [-0.1, -0.05) is 39.3 Å². The molecule has 1 aromatic heterocycles. The number of hydrogen-bond acceptors (Lipinski definition) is 5. The second-order valence-corrected chi connectivity index (χ2v) is 7.23. The Kier molecular flexibility index (Phi) is 7.71. The second kappa shape index (κ2) is 9.84. The zero-order chi connectivity index (χ0) is 22.5. The number of ether oxygens (including phenoxy) is 2. The molecule has 1 unspecified atom stereocenters. The number of amides is 1. The maximum absolute atomic E-state index is 12.4. The van der Waals surface area contributed by atoms with Crippen LogP contribution in [0.3, 0.4) is 0 Å². The minimum absolute atomic E-state index is 0.0452. The first kappa shape index (κ1) is 23.5. The highest BCUT2D eigenvalue weighted by atomic mass is 19.4. The van der Waals surface area contributed by atoms with Crippen molar-refractivity contribution in [2.75, 3.05) is 12.3 Å². The van der Waals surface area contributed by atoms with Crippen LogP contribution in [-0.4, -0.2) is 28.7 Å². The average molecular weight is 428 g/mol. The lowest BCUT2D eigenvalue weighted by molar-refractivity contribution is -0.274. The number of carbonyl (C=O) groups excluding carboxylic acids is 1. The fraction of sp³-hybridized carbons (Fsp3) is 0.500. The topological polar surface area (TPSA) is 105 Å². The smallest absolute Gasteiger partial charge is 0.406 e. The Bertz CT molecular complexity index is 848. The number of hydrogen-bond donors (Lipinski definition) is 2. The van der Waals surface area contributed by atoms with Gasteiger partial charge in [-0.3, -0.25) is 4.79 Å². The number of rotatable bonds is 10. The summed E-state index contributed by atoms with van der Waals surface area (Å²) in [6.45, 7) is 6.44. The summed E-state index contributed by atoms with van der Waals surface area (Å²) in [5.74, 6) is -1.00. The summed E-state index contributed by atoms with van der Waals surface area (Å²) < 4.78 is 48.2. The predicted octanol–water partition coefficient (Wildman–Crippen LogP) is 4.02. The molecule has 166 valence electrons. The fourth-order valence-electron chi connectivity index (χ4n) is 3.17. The molecule has 0 aliphatic heterocycles. The summed E-state index contributed by atoms with van der Waals surface area (Å²) in [6, 6.07) is 5.03. The van der Waals surface area contributed by atoms with Crippen LogP contribution in [0.4, 0.5) is 19.0 Å². The van der Waals surface area contributed by atoms with Gasteiger partial charge >= 0.3 is 6.36 Å². The number of carbonyl (C=O) groups is 1. The molecule has 1 heterocycles. The molecule has 0 aliphatic rings. The molecule has 0 saturated heterocycles. The number of alkyl halides is 3. The molecule has 30 heavy (non-hydrogen) atoms. The van der Waals surface area contributed by atoms with E-state index in [-0.39, 0.29) is 29.7 Å². The molecule has 2 rings (SSSR count). The van der Waals surface area contributed by atoms with Crippen molar-refractivity contribution in [3.8, 4) is 5.75 Å². The number of nitrogens with zero attached hydrogens (tertiary/aromatic N) is 2. The summed E-state index contributed by atoms with van der Waals surface area (Å²) in [5, 5.41) is 4.46. The van der Waals surface area contributed by atoms with Crippen molar-refractivity contribution in [2.45, 2.75) is 52.6 Å². The van der Waals surface area contributed by atoms with Crippen LogP contribution in [0.1, 0.15) is 61.3 Å². The van der Waals surface area contributed by atoms with Gasteiger partial charge in [0.15, 0.2) is 0 Å². The molecular formula is C20H27F3N4O3. The third-order valence-corrected chi connectivity index (χ3v) is 4.50. The molecule has 1 aromatic carbocycles. The largest absolute Gasteiger partial charge is 0.573 e. The van der Waals surface area contributed by atoms with Crippen molar-refractivity contribution < 1.29 is 27.4 Å². The summed E-state index contributed by atoms with van der Waals surface area (Å²) in [4.78, 5) is 12.0. The van der Waals surface area contributed by atoms with Crippen molar-refractivity contribution in [3.05, 3.63) is 41.1 Å². The van der Waals surface area contributed by atoms with Gasteiger partial charge in [0.25, 0.3) is 5.91 Å². The van der Waals surface area contributed by atoms with Crippen LogP contribution in [-0.2, 0) is 11.3 Å². The van der Waals surface area contributed by atoms with E-state index in [4.69, 9.17) is 16.2 Å². The molecule has 0 fully saturated rings. The standard InChI is InChI=1S/C20H27F3N4O3/c1-4-5-10-29-11-15-16(19(25)28)18(24)27(26-15)17(12(2)3)13-6-8-14(9-7-13)30-20(21,22)23/h6-9,12,17H,4-5,10-11,24H2,1-3H3,(H2,25,28). The Labute approximate surface area is 173 Å². The molecule has 0 saturated carbocycles.